The van der Waals surface area contributed by atoms with Crippen molar-refractivity contribution in [3.8, 4) is 0 Å². The second kappa shape index (κ2) is 8.95. The summed E-state index contributed by atoms with van der Waals surface area (Å²) in [4.78, 5) is 11.8. The predicted molar refractivity (Wildman–Crippen MR) is 83.8 cm³/mol. The van der Waals surface area contributed by atoms with Crippen LogP contribution in [0.5, 0.6) is 0 Å². The van der Waals surface area contributed by atoms with Crippen LogP contribution >= 0.6 is 12.4 Å². The number of hydrogen-bond donors (Lipinski definition) is 3. The Morgan fingerprint density at radius 3 is 2.30 bits per heavy atom. The highest BCUT2D eigenvalue weighted by atomic mass is 35.5. The number of amides is 1. The molecule has 20 heavy (non-hydrogen) atoms. The zero-order chi connectivity index (χ0) is 14.4. The minimum atomic E-state index is -0.620. The predicted octanol–water partition coefficient (Wildman–Crippen LogP) is 1.50. The van der Waals surface area contributed by atoms with Crippen molar-refractivity contribution in [3.05, 3.63) is 35.9 Å². The van der Waals surface area contributed by atoms with Crippen molar-refractivity contribution in [2.75, 3.05) is 0 Å². The third kappa shape index (κ3) is 5.90. The van der Waals surface area contributed by atoms with E-state index in [1.54, 1.807) is 6.92 Å². The number of halogens is 1. The number of hydrogen-bond acceptors (Lipinski definition) is 3. The van der Waals surface area contributed by atoms with Gasteiger partial charge in [0.15, 0.2) is 0 Å². The van der Waals surface area contributed by atoms with Gasteiger partial charge in [-0.15, -0.1) is 12.4 Å². The second-order valence-electron chi connectivity index (χ2n) is 5.32. The maximum Gasteiger partial charge on any atom is 0.237 e. The van der Waals surface area contributed by atoms with E-state index in [1.165, 1.54) is 0 Å². The summed E-state index contributed by atoms with van der Waals surface area (Å²) in [6.07, 6.45) is -0.107. The van der Waals surface area contributed by atoms with Gasteiger partial charge in [-0.3, -0.25) is 4.79 Å². The highest BCUT2D eigenvalue weighted by molar-refractivity contribution is 5.85. The summed E-state index contributed by atoms with van der Waals surface area (Å²) in [5, 5.41) is 12.9. The second-order valence-corrected chi connectivity index (χ2v) is 5.32. The molecule has 1 rings (SSSR count). The zero-order valence-electron chi connectivity index (χ0n) is 12.2. The molecule has 0 aliphatic carbocycles. The highest BCUT2D eigenvalue weighted by Gasteiger charge is 2.22. The van der Waals surface area contributed by atoms with Gasteiger partial charge < -0.3 is 16.2 Å². The van der Waals surface area contributed by atoms with Crippen LogP contribution in [0.25, 0.3) is 0 Å². The Kier molecular flexibility index (Phi) is 8.46. The number of aliphatic hydroxyl groups is 1. The Labute approximate surface area is 127 Å². The van der Waals surface area contributed by atoms with Crippen LogP contribution in [0.1, 0.15) is 26.3 Å². The Balaban J connectivity index is 0.00000361. The summed E-state index contributed by atoms with van der Waals surface area (Å²) in [6, 6.07) is 8.85. The van der Waals surface area contributed by atoms with Crippen LogP contribution < -0.4 is 11.1 Å². The number of carbonyl (C=O) groups excluding carboxylic acids is 1. The van der Waals surface area contributed by atoms with Crippen LogP contribution in [-0.4, -0.2) is 29.2 Å². The topological polar surface area (TPSA) is 75.4 Å². The zero-order valence-corrected chi connectivity index (χ0v) is 13.1. The molecular formula is C15H25ClN2O2. The molecule has 1 aromatic rings. The van der Waals surface area contributed by atoms with Gasteiger partial charge in [-0.05, 0) is 18.4 Å². The molecule has 0 radical (unpaired) electrons. The summed E-state index contributed by atoms with van der Waals surface area (Å²) >= 11 is 0. The minimum absolute atomic E-state index is 0. The molecule has 3 atom stereocenters. The number of carbonyl (C=O) groups is 1. The van der Waals surface area contributed by atoms with E-state index in [0.29, 0.717) is 6.42 Å². The largest absolute Gasteiger partial charge is 0.391 e. The number of aliphatic hydroxyl groups excluding tert-OH is 1. The average molecular weight is 301 g/mol. The van der Waals surface area contributed by atoms with Crippen molar-refractivity contribution in [3.63, 3.8) is 0 Å². The van der Waals surface area contributed by atoms with Crippen molar-refractivity contribution in [1.29, 1.82) is 0 Å². The lowest BCUT2D eigenvalue weighted by Crippen LogP contribution is -2.50. The van der Waals surface area contributed by atoms with Crippen molar-refractivity contribution < 1.29 is 9.90 Å². The number of nitrogens with two attached hydrogens (primary N) is 1. The summed E-state index contributed by atoms with van der Waals surface area (Å²) in [6.45, 7) is 5.59. The molecule has 0 aliphatic rings. The molecule has 114 valence electrons. The first-order valence-electron chi connectivity index (χ1n) is 6.69. The summed E-state index contributed by atoms with van der Waals surface area (Å²) in [5.74, 6) is -0.131. The van der Waals surface area contributed by atoms with Gasteiger partial charge in [0.05, 0.1) is 18.2 Å². The highest BCUT2D eigenvalue weighted by Crippen LogP contribution is 2.07. The maximum absolute atomic E-state index is 11.8. The lowest BCUT2D eigenvalue weighted by Gasteiger charge is -2.23. The van der Waals surface area contributed by atoms with Gasteiger partial charge in [-0.2, -0.15) is 0 Å². The lowest BCUT2D eigenvalue weighted by molar-refractivity contribution is -0.124. The lowest BCUT2D eigenvalue weighted by atomic mass is 10.0. The molecular weight excluding hydrogens is 276 g/mol. The van der Waals surface area contributed by atoms with Gasteiger partial charge in [0.2, 0.25) is 5.91 Å². The molecule has 0 aromatic heterocycles. The summed E-state index contributed by atoms with van der Waals surface area (Å²) in [7, 11) is 0. The molecule has 1 amide bonds. The van der Waals surface area contributed by atoms with Gasteiger partial charge in [-0.1, -0.05) is 44.2 Å². The first-order chi connectivity index (χ1) is 8.91. The van der Waals surface area contributed by atoms with Gasteiger partial charge in [0.25, 0.3) is 0 Å². The number of rotatable bonds is 6. The molecule has 0 saturated heterocycles. The SMILES string of the molecule is CC(NC(=O)[C@@H](N)C(C)C)C(O)Cc1ccccc1.Cl. The van der Waals surface area contributed by atoms with E-state index in [4.69, 9.17) is 5.73 Å². The Morgan fingerprint density at radius 1 is 1.25 bits per heavy atom. The molecule has 4 N–H and O–H groups in total. The van der Waals surface area contributed by atoms with E-state index in [0.717, 1.165) is 5.56 Å². The van der Waals surface area contributed by atoms with E-state index < -0.39 is 12.1 Å². The summed E-state index contributed by atoms with van der Waals surface area (Å²) < 4.78 is 0. The Hall–Kier alpha value is -1.10. The van der Waals surface area contributed by atoms with E-state index >= 15 is 0 Å². The fraction of sp³-hybridized carbons (Fsp3) is 0.533. The first-order valence-corrected chi connectivity index (χ1v) is 6.69. The molecule has 0 saturated carbocycles. The van der Waals surface area contributed by atoms with Crippen molar-refractivity contribution >= 4 is 18.3 Å². The maximum atomic E-state index is 11.8. The monoisotopic (exact) mass is 300 g/mol. The van der Waals surface area contributed by atoms with Crippen LogP contribution in [-0.2, 0) is 11.2 Å². The van der Waals surface area contributed by atoms with E-state index in [1.807, 2.05) is 44.2 Å². The molecule has 0 heterocycles. The Morgan fingerprint density at radius 2 is 1.80 bits per heavy atom. The van der Waals surface area contributed by atoms with Crippen molar-refractivity contribution in [2.45, 2.75) is 45.4 Å². The standard InChI is InChI=1S/C15H24N2O2.ClH/c1-10(2)14(16)15(19)17-11(3)13(18)9-12-7-5-4-6-8-12;/h4-8,10-11,13-14,18H,9,16H2,1-3H3,(H,17,19);1H/t11?,13?,14-;/m0./s1. The normalized spacial score (nSPS) is 15.1. The third-order valence-electron chi connectivity index (χ3n) is 3.26. The third-order valence-corrected chi connectivity index (χ3v) is 3.26. The quantitative estimate of drug-likeness (QED) is 0.745. The van der Waals surface area contributed by atoms with E-state index in [2.05, 4.69) is 5.32 Å². The molecule has 2 unspecified atom stereocenters. The number of benzene rings is 1. The molecule has 0 aliphatic heterocycles. The summed E-state index contributed by atoms with van der Waals surface area (Å²) in [5.41, 5.74) is 6.81. The van der Waals surface area contributed by atoms with Crippen LogP contribution in [0.15, 0.2) is 30.3 Å². The first kappa shape index (κ1) is 18.9. The van der Waals surface area contributed by atoms with Crippen LogP contribution in [0.2, 0.25) is 0 Å². The van der Waals surface area contributed by atoms with Crippen molar-refractivity contribution in [2.24, 2.45) is 11.7 Å². The average Bonchev–Trinajstić information content (AvgIpc) is 2.38. The molecule has 4 nitrogen and oxygen atoms in total. The van der Waals surface area contributed by atoms with Crippen LogP contribution in [0.3, 0.4) is 0 Å². The van der Waals surface area contributed by atoms with Gasteiger partial charge in [-0.25, -0.2) is 0 Å². The molecule has 0 fully saturated rings. The molecule has 5 heteroatoms. The van der Waals surface area contributed by atoms with Crippen LogP contribution in [0.4, 0.5) is 0 Å². The van der Waals surface area contributed by atoms with Gasteiger partial charge >= 0.3 is 0 Å². The van der Waals surface area contributed by atoms with Crippen LogP contribution in [0, 0.1) is 5.92 Å². The molecule has 0 spiro atoms. The molecule has 0 bridgehead atoms. The molecule has 1 aromatic carbocycles. The van der Waals surface area contributed by atoms with Gasteiger partial charge in [0.1, 0.15) is 0 Å². The minimum Gasteiger partial charge on any atom is -0.391 e. The van der Waals surface area contributed by atoms with E-state index in [-0.39, 0.29) is 30.3 Å². The van der Waals surface area contributed by atoms with Crippen molar-refractivity contribution in [1.82, 2.24) is 5.32 Å². The van der Waals surface area contributed by atoms with Gasteiger partial charge in [0, 0.05) is 6.42 Å². The fourth-order valence-corrected chi connectivity index (χ4v) is 1.75. The van der Waals surface area contributed by atoms with E-state index in [9.17, 15) is 9.90 Å². The fourth-order valence-electron chi connectivity index (χ4n) is 1.75. The Bertz CT molecular complexity index is 398. The smallest absolute Gasteiger partial charge is 0.237 e. The number of nitrogens with one attached hydrogen (secondary N) is 1.